The normalized spacial score (nSPS) is 11.8. The number of thiophene rings is 2. The number of aryl methyl sites for hydroxylation is 8. The lowest BCUT2D eigenvalue weighted by Gasteiger charge is -2.27. The van der Waals surface area contributed by atoms with E-state index in [2.05, 4.69) is 199 Å². The Morgan fingerprint density at radius 3 is 0.845 bits per heavy atom. The van der Waals surface area contributed by atoms with E-state index in [4.69, 9.17) is 0 Å². The molecule has 284 valence electrons. The number of hydrogen-bond acceptors (Lipinski definition) is 4. The van der Waals surface area contributed by atoms with Gasteiger partial charge in [-0.15, -0.1) is 22.7 Å². The largest absolute Gasteiger partial charge is 0.310 e. The maximum Gasteiger partial charge on any atom is 0.0476 e. The lowest BCUT2D eigenvalue weighted by molar-refractivity contribution is 1.24. The summed E-state index contributed by atoms with van der Waals surface area (Å²) in [6.07, 6.45) is 0. The van der Waals surface area contributed by atoms with Crippen LogP contribution in [0.3, 0.4) is 0 Å². The molecule has 0 bridgehead atoms. The van der Waals surface area contributed by atoms with Crippen LogP contribution in [0.15, 0.2) is 133 Å². The van der Waals surface area contributed by atoms with E-state index in [-0.39, 0.29) is 0 Å². The highest BCUT2D eigenvalue weighted by Gasteiger charge is 2.19. The Bertz CT molecular complexity index is 2890. The average Bonchev–Trinajstić information content (AvgIpc) is 3.67. The first-order valence-electron chi connectivity index (χ1n) is 20.1. The van der Waals surface area contributed by atoms with Crippen molar-refractivity contribution < 1.29 is 0 Å². The molecule has 0 aliphatic carbocycles. The van der Waals surface area contributed by atoms with Gasteiger partial charge >= 0.3 is 0 Å². The highest BCUT2D eigenvalue weighted by Crippen LogP contribution is 2.45. The van der Waals surface area contributed by atoms with Gasteiger partial charge in [0.25, 0.3) is 0 Å². The van der Waals surface area contributed by atoms with Gasteiger partial charge in [-0.05, 0) is 208 Å². The van der Waals surface area contributed by atoms with Crippen molar-refractivity contribution in [1.82, 2.24) is 0 Å². The molecule has 2 aromatic heterocycles. The van der Waals surface area contributed by atoms with E-state index in [1.807, 2.05) is 22.7 Å². The van der Waals surface area contributed by atoms with Crippen LogP contribution in [0.2, 0.25) is 0 Å². The molecule has 2 heterocycles. The van der Waals surface area contributed by atoms with Gasteiger partial charge in [-0.2, -0.15) is 0 Å². The van der Waals surface area contributed by atoms with Gasteiger partial charge in [0.05, 0.1) is 0 Å². The fraction of sp³-hybridized carbons (Fsp3) is 0.148. The van der Waals surface area contributed by atoms with Crippen molar-refractivity contribution in [1.29, 1.82) is 0 Å². The second kappa shape index (κ2) is 13.9. The van der Waals surface area contributed by atoms with Gasteiger partial charge < -0.3 is 9.80 Å². The maximum absolute atomic E-state index is 2.42. The van der Waals surface area contributed by atoms with Crippen LogP contribution < -0.4 is 9.80 Å². The van der Waals surface area contributed by atoms with Crippen LogP contribution in [0, 0.1) is 55.4 Å². The summed E-state index contributed by atoms with van der Waals surface area (Å²) in [4.78, 5) is 4.85. The second-order valence-corrected chi connectivity index (χ2v) is 18.8. The third-order valence-corrected chi connectivity index (χ3v) is 13.6. The van der Waals surface area contributed by atoms with Gasteiger partial charge in [0.1, 0.15) is 0 Å². The third-order valence-electron chi connectivity index (χ3n) is 11.4. The van der Waals surface area contributed by atoms with Crippen molar-refractivity contribution in [2.75, 3.05) is 9.80 Å². The summed E-state index contributed by atoms with van der Waals surface area (Å²) in [7, 11) is 0. The number of hydrogen-bond donors (Lipinski definition) is 0. The second-order valence-electron chi connectivity index (χ2n) is 16.7. The smallest absolute Gasteiger partial charge is 0.0476 e. The van der Waals surface area contributed by atoms with Crippen LogP contribution >= 0.6 is 22.7 Å². The summed E-state index contributed by atoms with van der Waals surface area (Å²) < 4.78 is 5.26. The molecule has 0 fully saturated rings. The maximum atomic E-state index is 2.42. The molecule has 0 amide bonds. The lowest BCUT2D eigenvalue weighted by Crippen LogP contribution is -2.11. The number of rotatable bonds is 6. The molecule has 0 saturated heterocycles. The zero-order valence-corrected chi connectivity index (χ0v) is 36.0. The van der Waals surface area contributed by atoms with Crippen molar-refractivity contribution >= 4 is 108 Å². The number of nitrogens with zero attached hydrogens (tertiary/aromatic N) is 2. The molecule has 4 heteroatoms. The number of benzene rings is 8. The first-order chi connectivity index (χ1) is 27.9. The van der Waals surface area contributed by atoms with Crippen molar-refractivity contribution in [3.8, 4) is 0 Å². The molecule has 10 rings (SSSR count). The van der Waals surface area contributed by atoms with Gasteiger partial charge in [0.15, 0.2) is 0 Å². The Kier molecular flexibility index (Phi) is 8.70. The molecular weight excluding hydrogens is 741 g/mol. The molecule has 0 N–H and O–H groups in total. The van der Waals surface area contributed by atoms with Crippen molar-refractivity contribution in [2.24, 2.45) is 0 Å². The van der Waals surface area contributed by atoms with E-state index in [0.29, 0.717) is 0 Å². The minimum atomic E-state index is 1.18. The van der Waals surface area contributed by atoms with Crippen LogP contribution in [0.1, 0.15) is 44.5 Å². The molecule has 58 heavy (non-hydrogen) atoms. The summed E-state index contributed by atoms with van der Waals surface area (Å²) in [5, 5.41) is 7.84. The van der Waals surface area contributed by atoms with E-state index < -0.39 is 0 Å². The van der Waals surface area contributed by atoms with Crippen LogP contribution in [-0.2, 0) is 0 Å². The highest BCUT2D eigenvalue weighted by molar-refractivity contribution is 7.26. The van der Waals surface area contributed by atoms with E-state index >= 15 is 0 Å². The van der Waals surface area contributed by atoms with Crippen LogP contribution in [0.4, 0.5) is 34.1 Å². The quantitative estimate of drug-likeness (QED) is 0.166. The number of fused-ring (bicyclic) bond motifs is 7. The fourth-order valence-corrected chi connectivity index (χ4v) is 11.6. The molecule has 0 atom stereocenters. The Morgan fingerprint density at radius 2 is 0.534 bits per heavy atom. The summed E-state index contributed by atoms with van der Waals surface area (Å²) in [6, 6.07) is 51.2. The monoisotopic (exact) mass is 786 g/mol. The minimum Gasteiger partial charge on any atom is -0.310 e. The highest BCUT2D eigenvalue weighted by atomic mass is 32.1. The van der Waals surface area contributed by atoms with Gasteiger partial charge in [0.2, 0.25) is 0 Å². The van der Waals surface area contributed by atoms with Crippen LogP contribution in [-0.4, -0.2) is 0 Å². The average molecular weight is 787 g/mol. The Balaban J connectivity index is 1.08. The summed E-state index contributed by atoms with van der Waals surface area (Å²) in [5.41, 5.74) is 17.3. The van der Waals surface area contributed by atoms with Gasteiger partial charge in [0, 0.05) is 74.5 Å². The number of anilines is 6. The molecule has 8 aromatic carbocycles. The molecule has 0 aliphatic heterocycles. The third kappa shape index (κ3) is 6.51. The zero-order chi connectivity index (χ0) is 40.0. The first-order valence-corrected chi connectivity index (χ1v) is 21.8. The SMILES string of the molecule is Cc1cc(C)cc(N(c2cc(C)cc(C)c2)c2ccc3c(c2)sc2cc4cc5sc6cc(N(c7cc(C)cc(C)c7)c7cc(C)cc(C)c7)ccc6c5cc4cc23)c1. The van der Waals surface area contributed by atoms with Crippen molar-refractivity contribution in [3.05, 3.63) is 178 Å². The minimum absolute atomic E-state index is 1.18. The predicted octanol–water partition coefficient (Wildman–Crippen LogP) is 17.0. The Morgan fingerprint density at radius 1 is 0.259 bits per heavy atom. The van der Waals surface area contributed by atoms with Crippen LogP contribution in [0.25, 0.3) is 51.1 Å². The molecule has 0 saturated carbocycles. The Hall–Kier alpha value is -5.94. The van der Waals surface area contributed by atoms with E-state index in [1.54, 1.807) is 0 Å². The summed E-state index contributed by atoms with van der Waals surface area (Å²) in [5.74, 6) is 0. The molecule has 0 spiro atoms. The summed E-state index contributed by atoms with van der Waals surface area (Å²) >= 11 is 3.80. The van der Waals surface area contributed by atoms with Crippen LogP contribution in [0.5, 0.6) is 0 Å². The standard InChI is InChI=1S/C54H46N2S2/c1-31-13-32(2)18-43(17-31)55(44-19-33(3)14-34(4)20-44)41-9-11-47-49-25-39-26-50-48-12-10-42(30-54(48)58-52(50)28-40(39)27-51(49)57-53(47)29-41)56(45-21-35(5)15-36(6)22-45)46-23-37(7)16-38(8)24-46/h9-30H,1-8H3. The topological polar surface area (TPSA) is 6.48 Å². The molecule has 0 radical (unpaired) electrons. The van der Waals surface area contributed by atoms with Gasteiger partial charge in [-0.3, -0.25) is 0 Å². The van der Waals surface area contributed by atoms with E-state index in [0.717, 1.165) is 0 Å². The van der Waals surface area contributed by atoms with E-state index in [9.17, 15) is 0 Å². The van der Waals surface area contributed by atoms with Crippen molar-refractivity contribution in [3.63, 3.8) is 0 Å². The molecule has 0 aliphatic rings. The Labute approximate surface area is 349 Å². The lowest BCUT2D eigenvalue weighted by atomic mass is 10.0. The van der Waals surface area contributed by atoms with E-state index in [1.165, 1.54) is 130 Å². The van der Waals surface area contributed by atoms with Crippen molar-refractivity contribution in [2.45, 2.75) is 55.4 Å². The van der Waals surface area contributed by atoms with Gasteiger partial charge in [-0.1, -0.05) is 36.4 Å². The molecule has 10 aromatic rings. The van der Waals surface area contributed by atoms with Gasteiger partial charge in [-0.25, -0.2) is 0 Å². The predicted molar refractivity (Wildman–Crippen MR) is 257 cm³/mol. The molecule has 2 nitrogen and oxygen atoms in total. The molecular formula is C54H46N2S2. The molecule has 0 unspecified atom stereocenters. The summed E-state index contributed by atoms with van der Waals surface area (Å²) in [6.45, 7) is 17.5. The fourth-order valence-electron chi connectivity index (χ4n) is 9.26. The first kappa shape index (κ1) is 36.4. The zero-order valence-electron chi connectivity index (χ0n) is 34.4.